The van der Waals surface area contributed by atoms with Gasteiger partial charge in [-0.25, -0.2) is 9.78 Å². The van der Waals surface area contributed by atoms with E-state index in [2.05, 4.69) is 39.6 Å². The number of hydrogen-bond acceptors (Lipinski definition) is 8. The second-order valence-electron chi connectivity index (χ2n) is 14.8. The first-order valence-corrected chi connectivity index (χ1v) is 18.7. The second-order valence-corrected chi connectivity index (χ2v) is 14.8. The molecule has 3 amide bonds. The molecule has 1 aromatic heterocycles. The smallest absolute Gasteiger partial charge is 0.407 e. The molecule has 0 spiro atoms. The number of aromatic amines is 1. The third kappa shape index (κ3) is 9.33. The van der Waals surface area contributed by atoms with Gasteiger partial charge in [0.15, 0.2) is 5.78 Å². The van der Waals surface area contributed by atoms with Crippen molar-refractivity contribution in [3.8, 4) is 22.4 Å². The first-order valence-electron chi connectivity index (χ1n) is 18.7. The van der Waals surface area contributed by atoms with Crippen LogP contribution in [0, 0.1) is 17.8 Å². The molecule has 2 saturated heterocycles. The van der Waals surface area contributed by atoms with E-state index in [4.69, 9.17) is 9.47 Å². The van der Waals surface area contributed by atoms with Gasteiger partial charge >= 0.3 is 12.1 Å². The molecule has 53 heavy (non-hydrogen) atoms. The Morgan fingerprint density at radius 2 is 1.43 bits per heavy atom. The van der Waals surface area contributed by atoms with Crippen LogP contribution < -0.4 is 5.32 Å². The van der Waals surface area contributed by atoms with Crippen molar-refractivity contribution in [3.05, 3.63) is 66.1 Å². The van der Waals surface area contributed by atoms with Crippen LogP contribution in [0.3, 0.4) is 0 Å². The number of imidazole rings is 1. The number of Topliss-reactive ketones (excluding diaryl/α,β-unsaturated/α-hetero) is 1. The summed E-state index contributed by atoms with van der Waals surface area (Å²) in [5, 5.41) is 2.69. The summed E-state index contributed by atoms with van der Waals surface area (Å²) in [6.07, 6.45) is 5.15. The standard InChI is InChI=1S/C41H53N5O7/c1-25(2)31(23-36(48)52-5)39(49)45-21-7-9-33(45)35(47)20-13-27-11-14-28(15-12-27)29-16-18-30(19-17-29)32-24-42-38(43-32)34-10-8-22-46(34)40(50)37(26(3)4)44-41(51)53-6/h11-12,14-19,24-26,31,33-34,37H,7-10,13,20-23H2,1-6H3,(H,42,43)(H,44,51)/t31-,33-,34-,37-/m0/s1. The normalized spacial score (nSPS) is 18.3. The zero-order valence-electron chi connectivity index (χ0n) is 31.7. The third-order valence-electron chi connectivity index (χ3n) is 10.6. The molecular weight excluding hydrogens is 674 g/mol. The Bertz CT molecular complexity index is 1750. The number of hydrogen-bond donors (Lipinski definition) is 2. The zero-order valence-corrected chi connectivity index (χ0v) is 31.7. The van der Waals surface area contributed by atoms with Crippen molar-refractivity contribution in [1.82, 2.24) is 25.1 Å². The zero-order chi connectivity index (χ0) is 38.2. The van der Waals surface area contributed by atoms with Gasteiger partial charge < -0.3 is 29.6 Å². The summed E-state index contributed by atoms with van der Waals surface area (Å²) in [5.41, 5.74) is 4.97. The highest BCUT2D eigenvalue weighted by Crippen LogP contribution is 2.33. The van der Waals surface area contributed by atoms with E-state index in [0.29, 0.717) is 32.4 Å². The van der Waals surface area contributed by atoms with Crippen molar-refractivity contribution in [1.29, 1.82) is 0 Å². The van der Waals surface area contributed by atoms with Crippen molar-refractivity contribution in [3.63, 3.8) is 0 Å². The molecular formula is C41H53N5O7. The number of alkyl carbamates (subject to hydrolysis) is 1. The summed E-state index contributed by atoms with van der Waals surface area (Å²) in [7, 11) is 2.61. The average molecular weight is 728 g/mol. The Labute approximate surface area is 312 Å². The molecule has 12 heteroatoms. The fourth-order valence-electron chi connectivity index (χ4n) is 7.44. The van der Waals surface area contributed by atoms with Gasteiger partial charge in [-0.2, -0.15) is 0 Å². The van der Waals surface area contributed by atoms with E-state index in [1.807, 2.05) is 52.0 Å². The highest BCUT2D eigenvalue weighted by molar-refractivity contribution is 5.92. The largest absolute Gasteiger partial charge is 0.469 e. The van der Waals surface area contributed by atoms with Gasteiger partial charge in [0, 0.05) is 19.5 Å². The molecule has 2 aliphatic heterocycles. The molecule has 4 atom stereocenters. The molecule has 3 heterocycles. The maximum atomic E-state index is 13.5. The fraction of sp³-hybridized carbons (Fsp3) is 0.512. The number of amides is 3. The number of methoxy groups -OCH3 is 2. The molecule has 3 aromatic rings. The predicted molar refractivity (Wildman–Crippen MR) is 200 cm³/mol. The van der Waals surface area contributed by atoms with Crippen LogP contribution >= 0.6 is 0 Å². The Balaban J connectivity index is 1.17. The van der Waals surface area contributed by atoms with Crippen LogP contribution in [0.25, 0.3) is 22.4 Å². The molecule has 0 saturated carbocycles. The molecule has 0 bridgehead atoms. The van der Waals surface area contributed by atoms with Gasteiger partial charge in [0.1, 0.15) is 11.9 Å². The number of carbonyl (C=O) groups excluding carboxylic acids is 5. The Hall–Kier alpha value is -5.00. The molecule has 284 valence electrons. The molecule has 2 fully saturated rings. The second kappa shape index (κ2) is 17.7. The van der Waals surface area contributed by atoms with Crippen LogP contribution in [0.1, 0.15) is 83.6 Å². The van der Waals surface area contributed by atoms with Gasteiger partial charge in [-0.3, -0.25) is 19.2 Å². The van der Waals surface area contributed by atoms with Crippen LogP contribution in [-0.4, -0.2) is 88.8 Å². The lowest BCUT2D eigenvalue weighted by Gasteiger charge is -2.30. The molecule has 12 nitrogen and oxygen atoms in total. The third-order valence-corrected chi connectivity index (χ3v) is 10.6. The molecule has 2 aromatic carbocycles. The first-order chi connectivity index (χ1) is 25.4. The van der Waals surface area contributed by atoms with Crippen molar-refractivity contribution < 1.29 is 33.4 Å². The van der Waals surface area contributed by atoms with Crippen molar-refractivity contribution in [2.24, 2.45) is 17.8 Å². The van der Waals surface area contributed by atoms with Crippen LogP contribution in [0.4, 0.5) is 4.79 Å². The minimum Gasteiger partial charge on any atom is -0.469 e. The summed E-state index contributed by atoms with van der Waals surface area (Å²) in [4.78, 5) is 75.7. The summed E-state index contributed by atoms with van der Waals surface area (Å²) >= 11 is 0. The molecule has 0 unspecified atom stereocenters. The van der Waals surface area contributed by atoms with E-state index in [9.17, 15) is 24.0 Å². The lowest BCUT2D eigenvalue weighted by atomic mass is 9.90. The van der Waals surface area contributed by atoms with Crippen LogP contribution in [0.15, 0.2) is 54.7 Å². The van der Waals surface area contributed by atoms with Gasteiger partial charge in [0.2, 0.25) is 11.8 Å². The van der Waals surface area contributed by atoms with Crippen LogP contribution in [0.5, 0.6) is 0 Å². The van der Waals surface area contributed by atoms with E-state index >= 15 is 0 Å². The minimum atomic E-state index is -0.689. The number of esters is 1. The topological polar surface area (TPSA) is 151 Å². The van der Waals surface area contributed by atoms with Gasteiger partial charge in [-0.15, -0.1) is 0 Å². The van der Waals surface area contributed by atoms with E-state index in [1.54, 1.807) is 16.0 Å². The lowest BCUT2D eigenvalue weighted by molar-refractivity contribution is -0.149. The number of ether oxygens (including phenoxy) is 2. The number of aryl methyl sites for hydroxylation is 1. The monoisotopic (exact) mass is 727 g/mol. The number of nitrogens with one attached hydrogen (secondary N) is 2. The lowest BCUT2D eigenvalue weighted by Crippen LogP contribution is -2.51. The fourth-order valence-corrected chi connectivity index (χ4v) is 7.44. The summed E-state index contributed by atoms with van der Waals surface area (Å²) in [5.74, 6) is -0.573. The minimum absolute atomic E-state index is 0.0190. The van der Waals surface area contributed by atoms with E-state index in [0.717, 1.165) is 53.0 Å². The average Bonchev–Trinajstić information content (AvgIpc) is 3.96. The first kappa shape index (κ1) is 39.2. The molecule has 5 rings (SSSR count). The van der Waals surface area contributed by atoms with Gasteiger partial charge in [0.05, 0.1) is 50.5 Å². The van der Waals surface area contributed by atoms with Crippen molar-refractivity contribution in [2.45, 2.75) is 90.8 Å². The Morgan fingerprint density at radius 3 is 2.06 bits per heavy atom. The number of nitrogens with zero attached hydrogens (tertiary/aromatic N) is 3. The molecule has 2 aliphatic rings. The molecule has 0 aliphatic carbocycles. The number of ketones is 1. The Morgan fingerprint density at radius 1 is 0.811 bits per heavy atom. The maximum absolute atomic E-state index is 13.5. The number of rotatable bonds is 14. The maximum Gasteiger partial charge on any atom is 0.407 e. The number of aromatic nitrogens is 2. The van der Waals surface area contributed by atoms with E-state index < -0.39 is 30.1 Å². The van der Waals surface area contributed by atoms with Gasteiger partial charge in [0.25, 0.3) is 0 Å². The highest BCUT2D eigenvalue weighted by atomic mass is 16.5. The highest BCUT2D eigenvalue weighted by Gasteiger charge is 2.39. The van der Waals surface area contributed by atoms with Crippen molar-refractivity contribution in [2.75, 3.05) is 27.3 Å². The molecule has 0 radical (unpaired) electrons. The number of H-pyrrole nitrogens is 1. The van der Waals surface area contributed by atoms with Crippen LogP contribution in [-0.2, 0) is 35.1 Å². The summed E-state index contributed by atoms with van der Waals surface area (Å²) in [6.45, 7) is 8.75. The predicted octanol–water partition coefficient (Wildman–Crippen LogP) is 6.12. The van der Waals surface area contributed by atoms with Crippen LogP contribution in [0.2, 0.25) is 0 Å². The van der Waals surface area contributed by atoms with Crippen molar-refractivity contribution >= 4 is 29.7 Å². The summed E-state index contributed by atoms with van der Waals surface area (Å²) in [6, 6.07) is 15.0. The SMILES string of the molecule is COC(=O)C[C@H](C(=O)N1CCC[C@H]1C(=O)CCc1ccc(-c2ccc(-c3cnc([C@@H]4CCCN4C(=O)[C@@H](NC(=O)OC)C(C)C)[nH]3)cc2)cc1)C(C)C. The van der Waals surface area contributed by atoms with Gasteiger partial charge in [-0.1, -0.05) is 76.2 Å². The summed E-state index contributed by atoms with van der Waals surface area (Å²) < 4.78 is 9.55. The van der Waals surface area contributed by atoms with Gasteiger partial charge in [-0.05, 0) is 66.2 Å². The number of carbonyl (C=O) groups is 5. The van der Waals surface area contributed by atoms with E-state index in [-0.39, 0.29) is 41.9 Å². The number of likely N-dealkylation sites (tertiary alicyclic amines) is 2. The molecule has 2 N–H and O–H groups in total. The Kier molecular flexibility index (Phi) is 13.1. The number of benzene rings is 2. The van der Waals surface area contributed by atoms with E-state index in [1.165, 1.54) is 14.2 Å². The quantitative estimate of drug-likeness (QED) is 0.189.